The van der Waals surface area contributed by atoms with Crippen molar-refractivity contribution >= 4 is 12.0 Å². The van der Waals surface area contributed by atoms with Crippen LogP contribution in [0.5, 0.6) is 5.75 Å². The number of nitrogens with one attached hydrogen (secondary N) is 1. The Kier molecular flexibility index (Phi) is 5.61. The first kappa shape index (κ1) is 19.0. The van der Waals surface area contributed by atoms with Crippen molar-refractivity contribution < 1.29 is 19.1 Å². The summed E-state index contributed by atoms with van der Waals surface area (Å²) in [6.07, 6.45) is 0. The molecule has 142 valence electrons. The maximum atomic E-state index is 12.6. The molecule has 0 saturated heterocycles. The Labute approximate surface area is 162 Å². The summed E-state index contributed by atoms with van der Waals surface area (Å²) in [6, 6.07) is 17.0. The molecule has 1 N–H and O–H groups in total. The van der Waals surface area contributed by atoms with Crippen LogP contribution in [0.25, 0.3) is 0 Å². The van der Waals surface area contributed by atoms with E-state index in [2.05, 4.69) is 11.4 Å². The molecule has 0 spiro atoms. The Morgan fingerprint density at radius 3 is 2.54 bits per heavy atom. The summed E-state index contributed by atoms with van der Waals surface area (Å²) in [7, 11) is 2.84. The zero-order valence-electron chi connectivity index (χ0n) is 15.5. The minimum atomic E-state index is -0.665. The number of urea groups is 1. The molecular formula is C21H19N3O4. The average molecular weight is 377 g/mol. The Morgan fingerprint density at radius 1 is 1.18 bits per heavy atom. The smallest absolute Gasteiger partial charge is 0.338 e. The number of likely N-dealkylation sites (N-methyl/N-ethyl adjacent to an activating group) is 1. The van der Waals surface area contributed by atoms with Crippen LogP contribution in [0.3, 0.4) is 0 Å². The SMILES string of the molecule is COC(=O)C1=C(COc2ccccc2C#N)N(C)C(=O)N[C@@H]1c1ccccc1. The van der Waals surface area contributed by atoms with E-state index in [0.717, 1.165) is 5.56 Å². The van der Waals surface area contributed by atoms with Crippen LogP contribution in [-0.2, 0) is 9.53 Å². The number of carbonyl (C=O) groups excluding carboxylic acids is 2. The number of benzene rings is 2. The Hall–Kier alpha value is -3.79. The van der Waals surface area contributed by atoms with Gasteiger partial charge in [0.15, 0.2) is 0 Å². The first-order valence-electron chi connectivity index (χ1n) is 8.59. The van der Waals surface area contributed by atoms with Gasteiger partial charge in [-0.25, -0.2) is 9.59 Å². The fraction of sp³-hybridized carbons (Fsp3) is 0.190. The average Bonchev–Trinajstić information content (AvgIpc) is 2.74. The van der Waals surface area contributed by atoms with E-state index in [1.165, 1.54) is 12.0 Å². The number of methoxy groups -OCH3 is 1. The highest BCUT2D eigenvalue weighted by molar-refractivity contribution is 5.95. The normalized spacial score (nSPS) is 16.2. The first-order chi connectivity index (χ1) is 13.6. The number of amides is 2. The minimum absolute atomic E-state index is 0.0730. The fourth-order valence-electron chi connectivity index (χ4n) is 3.01. The molecule has 2 aromatic carbocycles. The zero-order valence-corrected chi connectivity index (χ0v) is 15.5. The molecule has 7 nitrogen and oxygen atoms in total. The second-order valence-electron chi connectivity index (χ2n) is 6.10. The van der Waals surface area contributed by atoms with E-state index in [0.29, 0.717) is 17.0 Å². The van der Waals surface area contributed by atoms with Crippen LogP contribution >= 0.6 is 0 Å². The quantitative estimate of drug-likeness (QED) is 0.809. The van der Waals surface area contributed by atoms with Crippen molar-refractivity contribution in [2.45, 2.75) is 6.04 Å². The molecule has 28 heavy (non-hydrogen) atoms. The van der Waals surface area contributed by atoms with Gasteiger partial charge in [0, 0.05) is 7.05 Å². The summed E-state index contributed by atoms with van der Waals surface area (Å²) in [5.74, 6) is -0.190. The monoisotopic (exact) mass is 377 g/mol. The van der Waals surface area contributed by atoms with Gasteiger partial charge in [0.2, 0.25) is 0 Å². The third kappa shape index (κ3) is 3.67. The maximum Gasteiger partial charge on any atom is 0.338 e. The molecule has 3 rings (SSSR count). The molecule has 1 aliphatic heterocycles. The first-order valence-corrected chi connectivity index (χ1v) is 8.59. The summed E-state index contributed by atoms with van der Waals surface area (Å²) in [5.41, 5.74) is 1.77. The van der Waals surface area contributed by atoms with E-state index >= 15 is 0 Å². The molecule has 2 amide bonds. The molecule has 1 aliphatic rings. The summed E-state index contributed by atoms with van der Waals surface area (Å²) in [5, 5.41) is 12.0. The van der Waals surface area contributed by atoms with E-state index in [4.69, 9.17) is 9.47 Å². The predicted octanol–water partition coefficient (Wildman–Crippen LogP) is 2.76. The number of nitriles is 1. The van der Waals surface area contributed by atoms with Gasteiger partial charge in [-0.1, -0.05) is 42.5 Å². The van der Waals surface area contributed by atoms with Gasteiger partial charge in [-0.2, -0.15) is 5.26 Å². The van der Waals surface area contributed by atoms with Crippen molar-refractivity contribution in [2.24, 2.45) is 0 Å². The van der Waals surface area contributed by atoms with Crippen LogP contribution in [0.2, 0.25) is 0 Å². The molecule has 7 heteroatoms. The molecule has 0 bridgehead atoms. The number of hydrogen-bond donors (Lipinski definition) is 1. The highest BCUT2D eigenvalue weighted by Crippen LogP contribution is 2.31. The van der Waals surface area contributed by atoms with Gasteiger partial charge in [-0.05, 0) is 17.7 Å². The molecule has 0 saturated carbocycles. The van der Waals surface area contributed by atoms with E-state index in [-0.39, 0.29) is 18.2 Å². The summed E-state index contributed by atoms with van der Waals surface area (Å²) >= 11 is 0. The molecule has 0 aliphatic carbocycles. The van der Waals surface area contributed by atoms with Gasteiger partial charge in [-0.3, -0.25) is 4.90 Å². The Bertz CT molecular complexity index is 963. The third-order valence-corrected chi connectivity index (χ3v) is 4.49. The molecule has 0 radical (unpaired) electrons. The van der Waals surface area contributed by atoms with E-state index in [1.807, 2.05) is 30.3 Å². The standard InChI is InChI=1S/C21H19N3O4/c1-24-16(13-28-17-11-7-6-10-15(17)12-22)18(20(25)27-2)19(23-21(24)26)14-8-4-3-5-9-14/h3-11,19H,13H2,1-2H3,(H,23,26)/t19-/m1/s1. The lowest BCUT2D eigenvalue weighted by Gasteiger charge is -2.34. The summed E-state index contributed by atoms with van der Waals surface area (Å²) in [4.78, 5) is 26.4. The van der Waals surface area contributed by atoms with Crippen LogP contribution in [0.1, 0.15) is 17.2 Å². The van der Waals surface area contributed by atoms with Gasteiger partial charge >= 0.3 is 12.0 Å². The number of para-hydroxylation sites is 1. The zero-order chi connectivity index (χ0) is 20.1. The molecule has 1 atom stereocenters. The van der Waals surface area contributed by atoms with Crippen LogP contribution < -0.4 is 10.1 Å². The topological polar surface area (TPSA) is 91.7 Å². The number of ether oxygens (including phenoxy) is 2. The van der Waals surface area contributed by atoms with Crippen LogP contribution in [-0.4, -0.2) is 37.7 Å². The van der Waals surface area contributed by atoms with Crippen molar-refractivity contribution in [3.63, 3.8) is 0 Å². The van der Waals surface area contributed by atoms with Gasteiger partial charge in [0.05, 0.1) is 30.0 Å². The highest BCUT2D eigenvalue weighted by atomic mass is 16.5. The molecule has 1 heterocycles. The van der Waals surface area contributed by atoms with Gasteiger partial charge in [0.25, 0.3) is 0 Å². The highest BCUT2D eigenvalue weighted by Gasteiger charge is 2.36. The number of hydrogen-bond acceptors (Lipinski definition) is 5. The van der Waals surface area contributed by atoms with E-state index < -0.39 is 12.0 Å². The van der Waals surface area contributed by atoms with Gasteiger partial charge < -0.3 is 14.8 Å². The van der Waals surface area contributed by atoms with Crippen molar-refractivity contribution in [3.05, 3.63) is 77.0 Å². The molecule has 2 aromatic rings. The number of carbonyl (C=O) groups is 2. The van der Waals surface area contributed by atoms with Crippen LogP contribution in [0.4, 0.5) is 4.79 Å². The van der Waals surface area contributed by atoms with Crippen LogP contribution in [0, 0.1) is 11.3 Å². The largest absolute Gasteiger partial charge is 0.486 e. The third-order valence-electron chi connectivity index (χ3n) is 4.49. The van der Waals surface area contributed by atoms with Gasteiger partial charge in [0.1, 0.15) is 18.4 Å². The minimum Gasteiger partial charge on any atom is -0.486 e. The molecule has 0 aromatic heterocycles. The van der Waals surface area contributed by atoms with E-state index in [9.17, 15) is 14.9 Å². The summed E-state index contributed by atoms with van der Waals surface area (Å²) in [6.45, 7) is -0.0730. The van der Waals surface area contributed by atoms with Crippen molar-refractivity contribution in [1.29, 1.82) is 5.26 Å². The van der Waals surface area contributed by atoms with Crippen molar-refractivity contribution in [3.8, 4) is 11.8 Å². The Balaban J connectivity index is 2.03. The van der Waals surface area contributed by atoms with Crippen LogP contribution in [0.15, 0.2) is 65.9 Å². The number of esters is 1. The predicted molar refractivity (Wildman–Crippen MR) is 101 cm³/mol. The van der Waals surface area contributed by atoms with E-state index in [1.54, 1.807) is 31.3 Å². The number of rotatable bonds is 5. The lowest BCUT2D eigenvalue weighted by molar-refractivity contribution is -0.136. The molecule has 0 fully saturated rings. The maximum absolute atomic E-state index is 12.6. The van der Waals surface area contributed by atoms with Crippen molar-refractivity contribution in [1.82, 2.24) is 10.2 Å². The lowest BCUT2D eigenvalue weighted by Crippen LogP contribution is -2.48. The molecule has 0 unspecified atom stereocenters. The lowest BCUT2D eigenvalue weighted by atomic mass is 9.95. The summed E-state index contributed by atoms with van der Waals surface area (Å²) < 4.78 is 10.8. The molecular weight excluding hydrogens is 358 g/mol. The van der Waals surface area contributed by atoms with Crippen molar-refractivity contribution in [2.75, 3.05) is 20.8 Å². The number of nitrogens with zero attached hydrogens (tertiary/aromatic N) is 2. The van der Waals surface area contributed by atoms with Gasteiger partial charge in [-0.15, -0.1) is 0 Å². The Morgan fingerprint density at radius 2 is 1.86 bits per heavy atom. The second-order valence-corrected chi connectivity index (χ2v) is 6.10. The fourth-order valence-corrected chi connectivity index (χ4v) is 3.01. The second kappa shape index (κ2) is 8.27.